The topological polar surface area (TPSA) is 75.6 Å². The van der Waals surface area contributed by atoms with Crippen molar-refractivity contribution in [2.45, 2.75) is 0 Å². The van der Waals surface area contributed by atoms with E-state index in [9.17, 15) is 0 Å². The molecule has 0 spiro atoms. The summed E-state index contributed by atoms with van der Waals surface area (Å²) in [5, 5.41) is 9.12. The van der Waals surface area contributed by atoms with E-state index in [4.69, 9.17) is 17.4 Å². The maximum atomic E-state index is 9.12. The standard InChI is InChI=1S/C13H8N4/c1-2-11-10(8-14)12(17-13(15)16-11)9-6-4-3-5-7-9/h1,3-7H,(H2,15,16,17). The van der Waals surface area contributed by atoms with Gasteiger partial charge in [-0.25, -0.2) is 9.97 Å². The number of benzene rings is 1. The monoisotopic (exact) mass is 220 g/mol. The van der Waals surface area contributed by atoms with Crippen LogP contribution in [0.1, 0.15) is 11.3 Å². The zero-order valence-corrected chi connectivity index (χ0v) is 8.88. The normalized spacial score (nSPS) is 9.29. The van der Waals surface area contributed by atoms with Crippen LogP contribution in [-0.4, -0.2) is 9.97 Å². The number of aromatic nitrogens is 2. The lowest BCUT2D eigenvalue weighted by molar-refractivity contribution is 1.15. The number of nitrogen functional groups attached to an aromatic ring is 1. The molecule has 0 aliphatic carbocycles. The van der Waals surface area contributed by atoms with E-state index in [2.05, 4.69) is 15.9 Å². The molecule has 0 aliphatic heterocycles. The molecule has 0 unspecified atom stereocenters. The zero-order chi connectivity index (χ0) is 12.3. The van der Waals surface area contributed by atoms with Gasteiger partial charge in [0.05, 0.1) is 5.69 Å². The largest absolute Gasteiger partial charge is 0.368 e. The molecule has 2 aromatic rings. The first-order valence-electron chi connectivity index (χ1n) is 4.86. The molecule has 0 bridgehead atoms. The summed E-state index contributed by atoms with van der Waals surface area (Å²) in [7, 11) is 0. The third kappa shape index (κ3) is 1.92. The Morgan fingerprint density at radius 1 is 1.18 bits per heavy atom. The average Bonchev–Trinajstić information content (AvgIpc) is 2.38. The number of nitriles is 1. The summed E-state index contributed by atoms with van der Waals surface area (Å²) in [6.45, 7) is 0. The zero-order valence-electron chi connectivity index (χ0n) is 8.88. The van der Waals surface area contributed by atoms with Crippen molar-refractivity contribution in [1.82, 2.24) is 9.97 Å². The molecule has 1 aromatic carbocycles. The molecule has 0 saturated heterocycles. The van der Waals surface area contributed by atoms with E-state index in [-0.39, 0.29) is 17.2 Å². The smallest absolute Gasteiger partial charge is 0.221 e. The molecule has 4 heteroatoms. The molecule has 0 amide bonds. The summed E-state index contributed by atoms with van der Waals surface area (Å²) in [5.74, 6) is 2.41. The third-order valence-corrected chi connectivity index (χ3v) is 2.22. The van der Waals surface area contributed by atoms with Gasteiger partial charge in [-0.2, -0.15) is 5.26 Å². The lowest BCUT2D eigenvalue weighted by atomic mass is 10.1. The summed E-state index contributed by atoms with van der Waals surface area (Å²) in [5.41, 5.74) is 7.31. The minimum absolute atomic E-state index is 0.0656. The fourth-order valence-electron chi connectivity index (χ4n) is 1.49. The van der Waals surface area contributed by atoms with Crippen molar-refractivity contribution >= 4 is 5.95 Å². The van der Waals surface area contributed by atoms with Crippen molar-refractivity contribution in [3.8, 4) is 29.7 Å². The summed E-state index contributed by atoms with van der Waals surface area (Å²) in [6.07, 6.45) is 5.30. The van der Waals surface area contributed by atoms with Crippen LogP contribution in [0.5, 0.6) is 0 Å². The maximum Gasteiger partial charge on any atom is 0.221 e. The van der Waals surface area contributed by atoms with Gasteiger partial charge in [0.15, 0.2) is 0 Å². The van der Waals surface area contributed by atoms with Crippen LogP contribution in [0.25, 0.3) is 11.3 Å². The molecule has 0 radical (unpaired) electrons. The van der Waals surface area contributed by atoms with Crippen LogP contribution in [0.4, 0.5) is 5.95 Å². The van der Waals surface area contributed by atoms with E-state index in [1.54, 1.807) is 0 Å². The van der Waals surface area contributed by atoms with Gasteiger partial charge in [-0.15, -0.1) is 6.42 Å². The molecule has 0 fully saturated rings. The number of hydrogen-bond acceptors (Lipinski definition) is 4. The predicted octanol–water partition coefficient (Wildman–Crippen LogP) is 1.58. The molecule has 1 heterocycles. The van der Waals surface area contributed by atoms with Gasteiger partial charge in [0, 0.05) is 5.56 Å². The number of rotatable bonds is 1. The Balaban J connectivity index is 2.75. The molecule has 0 atom stereocenters. The van der Waals surface area contributed by atoms with Gasteiger partial charge in [0.25, 0.3) is 0 Å². The molecule has 17 heavy (non-hydrogen) atoms. The van der Waals surface area contributed by atoms with Crippen molar-refractivity contribution < 1.29 is 0 Å². The van der Waals surface area contributed by atoms with Gasteiger partial charge >= 0.3 is 0 Å². The lowest BCUT2D eigenvalue weighted by Gasteiger charge is -2.05. The molecule has 0 aliphatic rings. The van der Waals surface area contributed by atoms with E-state index < -0.39 is 0 Å². The molecule has 2 rings (SSSR count). The van der Waals surface area contributed by atoms with Gasteiger partial charge in [-0.05, 0) is 5.92 Å². The van der Waals surface area contributed by atoms with E-state index in [1.807, 2.05) is 36.4 Å². The summed E-state index contributed by atoms with van der Waals surface area (Å²) < 4.78 is 0. The lowest BCUT2D eigenvalue weighted by Crippen LogP contribution is -2.03. The molecule has 4 nitrogen and oxygen atoms in total. The quantitative estimate of drug-likeness (QED) is 0.740. The van der Waals surface area contributed by atoms with Crippen molar-refractivity contribution in [3.63, 3.8) is 0 Å². The Bertz CT molecular complexity index is 633. The van der Waals surface area contributed by atoms with Crippen LogP contribution >= 0.6 is 0 Å². The first-order chi connectivity index (χ1) is 8.26. The van der Waals surface area contributed by atoms with E-state index >= 15 is 0 Å². The van der Waals surface area contributed by atoms with E-state index in [0.29, 0.717) is 5.69 Å². The molecular formula is C13H8N4. The van der Waals surface area contributed by atoms with Crippen LogP contribution in [0, 0.1) is 23.7 Å². The molecule has 0 saturated carbocycles. The highest BCUT2D eigenvalue weighted by Gasteiger charge is 2.13. The summed E-state index contributed by atoms with van der Waals surface area (Å²) >= 11 is 0. The second-order valence-corrected chi connectivity index (χ2v) is 3.28. The Kier molecular flexibility index (Phi) is 2.72. The fraction of sp³-hybridized carbons (Fsp3) is 0. The van der Waals surface area contributed by atoms with E-state index in [1.165, 1.54) is 0 Å². The number of nitrogens with zero attached hydrogens (tertiary/aromatic N) is 3. The van der Waals surface area contributed by atoms with Crippen molar-refractivity contribution in [3.05, 3.63) is 41.6 Å². The Labute approximate surface area is 98.8 Å². The van der Waals surface area contributed by atoms with E-state index in [0.717, 1.165) is 5.56 Å². The first kappa shape index (κ1) is 10.7. The minimum Gasteiger partial charge on any atom is -0.368 e. The number of anilines is 1. The Morgan fingerprint density at radius 3 is 2.47 bits per heavy atom. The molecule has 1 aromatic heterocycles. The Hall–Kier alpha value is -2.85. The molecule has 2 N–H and O–H groups in total. The van der Waals surface area contributed by atoms with Crippen molar-refractivity contribution in [2.24, 2.45) is 0 Å². The fourth-order valence-corrected chi connectivity index (χ4v) is 1.49. The van der Waals surface area contributed by atoms with Crippen LogP contribution < -0.4 is 5.73 Å². The highest BCUT2D eigenvalue weighted by Crippen LogP contribution is 2.23. The van der Waals surface area contributed by atoms with Crippen molar-refractivity contribution in [2.75, 3.05) is 5.73 Å². The second kappa shape index (κ2) is 4.34. The second-order valence-electron chi connectivity index (χ2n) is 3.28. The van der Waals surface area contributed by atoms with Gasteiger partial charge < -0.3 is 5.73 Å². The van der Waals surface area contributed by atoms with Crippen LogP contribution in [0.2, 0.25) is 0 Å². The maximum absolute atomic E-state index is 9.12. The first-order valence-corrected chi connectivity index (χ1v) is 4.86. The SMILES string of the molecule is C#Cc1nc(N)nc(-c2ccccc2)c1C#N. The van der Waals surface area contributed by atoms with Crippen LogP contribution in [0.3, 0.4) is 0 Å². The molecular weight excluding hydrogens is 212 g/mol. The van der Waals surface area contributed by atoms with Gasteiger partial charge in [0.2, 0.25) is 5.95 Å². The minimum atomic E-state index is 0.0656. The van der Waals surface area contributed by atoms with Gasteiger partial charge in [0.1, 0.15) is 17.3 Å². The summed E-state index contributed by atoms with van der Waals surface area (Å²) in [6, 6.07) is 11.3. The number of hydrogen-bond donors (Lipinski definition) is 1. The highest BCUT2D eigenvalue weighted by molar-refractivity contribution is 5.70. The predicted molar refractivity (Wildman–Crippen MR) is 64.5 cm³/mol. The average molecular weight is 220 g/mol. The third-order valence-electron chi connectivity index (χ3n) is 2.22. The highest BCUT2D eigenvalue weighted by atomic mass is 15.0. The Morgan fingerprint density at radius 2 is 1.88 bits per heavy atom. The number of nitrogens with two attached hydrogens (primary N) is 1. The van der Waals surface area contributed by atoms with Gasteiger partial charge in [-0.1, -0.05) is 30.3 Å². The summed E-state index contributed by atoms with van der Waals surface area (Å²) in [4.78, 5) is 7.93. The van der Waals surface area contributed by atoms with Crippen LogP contribution in [0.15, 0.2) is 30.3 Å². The van der Waals surface area contributed by atoms with Crippen LogP contribution in [-0.2, 0) is 0 Å². The van der Waals surface area contributed by atoms with Gasteiger partial charge in [-0.3, -0.25) is 0 Å². The number of terminal acetylenes is 1. The molecule has 80 valence electrons. The van der Waals surface area contributed by atoms with Crippen molar-refractivity contribution in [1.29, 1.82) is 5.26 Å².